The van der Waals surface area contributed by atoms with E-state index >= 15 is 0 Å². The average molecular weight is 416 g/mol. The molecule has 3 heterocycles. The summed E-state index contributed by atoms with van der Waals surface area (Å²) in [5.74, 6) is 0.469. The summed E-state index contributed by atoms with van der Waals surface area (Å²) in [7, 11) is 1.75. The zero-order chi connectivity index (χ0) is 21.0. The maximum atomic E-state index is 13.2. The van der Waals surface area contributed by atoms with Crippen LogP contribution in [0.1, 0.15) is 5.56 Å². The molecule has 0 spiro atoms. The van der Waals surface area contributed by atoms with Crippen molar-refractivity contribution in [3.63, 3.8) is 0 Å². The second-order valence-electron chi connectivity index (χ2n) is 7.26. The second-order valence-corrected chi connectivity index (χ2v) is 7.66. The Morgan fingerprint density at radius 2 is 1.80 bits per heavy atom. The summed E-state index contributed by atoms with van der Waals surface area (Å²) >= 11 is 6.36. The van der Waals surface area contributed by atoms with E-state index in [-0.39, 0.29) is 5.69 Å². The van der Waals surface area contributed by atoms with E-state index in [2.05, 4.69) is 9.97 Å². The highest BCUT2D eigenvalue weighted by Gasteiger charge is 2.18. The first-order chi connectivity index (χ1) is 14.5. The van der Waals surface area contributed by atoms with Gasteiger partial charge in [-0.1, -0.05) is 23.7 Å². The Morgan fingerprint density at radius 1 is 1.00 bits per heavy atom. The van der Waals surface area contributed by atoms with Crippen molar-refractivity contribution < 1.29 is 0 Å². The van der Waals surface area contributed by atoms with E-state index < -0.39 is 0 Å². The number of fused-ring (bicyclic) bond motifs is 3. The summed E-state index contributed by atoms with van der Waals surface area (Å²) in [6.45, 7) is 1.91. The summed E-state index contributed by atoms with van der Waals surface area (Å²) in [4.78, 5) is 22.0. The van der Waals surface area contributed by atoms with Crippen LogP contribution in [0.25, 0.3) is 38.8 Å². The highest BCUT2D eigenvalue weighted by molar-refractivity contribution is 6.31. The molecular formula is C23H18ClN5O. The van der Waals surface area contributed by atoms with Gasteiger partial charge in [0, 0.05) is 29.2 Å². The van der Waals surface area contributed by atoms with Crippen molar-refractivity contribution in [3.05, 3.63) is 82.0 Å². The van der Waals surface area contributed by atoms with E-state index in [0.29, 0.717) is 10.8 Å². The lowest BCUT2D eigenvalue weighted by atomic mass is 10.0. The average Bonchev–Trinajstić information content (AvgIpc) is 3.01. The van der Waals surface area contributed by atoms with Gasteiger partial charge in [-0.05, 0) is 54.4 Å². The second kappa shape index (κ2) is 6.71. The van der Waals surface area contributed by atoms with E-state index in [4.69, 9.17) is 17.3 Å². The fourth-order valence-electron chi connectivity index (χ4n) is 3.81. The van der Waals surface area contributed by atoms with Gasteiger partial charge >= 0.3 is 5.69 Å². The fraction of sp³-hybridized carbons (Fsp3) is 0.0870. The first kappa shape index (κ1) is 18.4. The van der Waals surface area contributed by atoms with Gasteiger partial charge in [0.15, 0.2) is 0 Å². The van der Waals surface area contributed by atoms with E-state index in [9.17, 15) is 4.79 Å². The molecule has 2 aromatic carbocycles. The van der Waals surface area contributed by atoms with Crippen molar-refractivity contribution in [2.75, 3.05) is 5.73 Å². The van der Waals surface area contributed by atoms with Gasteiger partial charge in [0.1, 0.15) is 5.82 Å². The topological polar surface area (TPSA) is 78.7 Å². The van der Waals surface area contributed by atoms with Crippen molar-refractivity contribution in [1.82, 2.24) is 19.1 Å². The monoisotopic (exact) mass is 415 g/mol. The lowest BCUT2D eigenvalue weighted by Crippen LogP contribution is -2.21. The van der Waals surface area contributed by atoms with Gasteiger partial charge in [0.05, 0.1) is 28.4 Å². The van der Waals surface area contributed by atoms with E-state index in [1.165, 1.54) is 0 Å². The number of aryl methyl sites for hydroxylation is 1. The Labute approximate surface area is 177 Å². The zero-order valence-corrected chi connectivity index (χ0v) is 17.2. The van der Waals surface area contributed by atoms with Crippen LogP contribution in [0.5, 0.6) is 0 Å². The normalized spacial score (nSPS) is 11.4. The highest BCUT2D eigenvalue weighted by Crippen LogP contribution is 2.31. The third-order valence-corrected chi connectivity index (χ3v) is 5.89. The molecule has 3 aromatic heterocycles. The van der Waals surface area contributed by atoms with Crippen molar-refractivity contribution in [2.45, 2.75) is 6.92 Å². The third-order valence-electron chi connectivity index (χ3n) is 5.48. The summed E-state index contributed by atoms with van der Waals surface area (Å²) in [5, 5.41) is 1.49. The maximum Gasteiger partial charge on any atom is 0.333 e. The number of nitrogens with two attached hydrogens (primary N) is 1. The summed E-state index contributed by atoms with van der Waals surface area (Å²) in [5.41, 5.74) is 11.4. The fourth-order valence-corrected chi connectivity index (χ4v) is 3.98. The summed E-state index contributed by atoms with van der Waals surface area (Å²) in [6.07, 6.45) is 3.48. The van der Waals surface area contributed by atoms with Crippen LogP contribution in [0.2, 0.25) is 5.02 Å². The van der Waals surface area contributed by atoms with Gasteiger partial charge in [0.2, 0.25) is 0 Å². The number of imidazole rings is 1. The van der Waals surface area contributed by atoms with Gasteiger partial charge in [-0.2, -0.15) is 0 Å². The molecule has 0 aliphatic heterocycles. The lowest BCUT2D eigenvalue weighted by molar-refractivity contribution is 0.843. The minimum atomic E-state index is -0.149. The molecule has 7 heteroatoms. The molecule has 0 aliphatic carbocycles. The van der Waals surface area contributed by atoms with Gasteiger partial charge < -0.3 is 5.73 Å². The minimum Gasteiger partial charge on any atom is -0.384 e. The number of hydrogen-bond donors (Lipinski definition) is 1. The number of halogens is 1. The molecular weight excluding hydrogens is 398 g/mol. The molecule has 0 saturated carbocycles. The molecule has 30 heavy (non-hydrogen) atoms. The predicted octanol–water partition coefficient (Wildman–Crippen LogP) is 4.48. The van der Waals surface area contributed by atoms with E-state index in [1.807, 2.05) is 49.4 Å². The summed E-state index contributed by atoms with van der Waals surface area (Å²) in [6, 6.07) is 15.3. The molecule has 148 valence electrons. The number of hydrogen-bond acceptors (Lipinski definition) is 4. The Hall–Kier alpha value is -3.64. The molecule has 0 fully saturated rings. The molecule has 5 rings (SSSR count). The van der Waals surface area contributed by atoms with Crippen LogP contribution in [0.3, 0.4) is 0 Å². The van der Waals surface area contributed by atoms with Crippen LogP contribution < -0.4 is 11.4 Å². The smallest absolute Gasteiger partial charge is 0.333 e. The number of benzene rings is 2. The van der Waals surface area contributed by atoms with Crippen LogP contribution in [0.4, 0.5) is 5.82 Å². The SMILES string of the molecule is Cc1c(Cl)cccc1-n1c(=O)n(C)c2cnc3ccc(-c4ccc(N)nc4)cc3c21. The Balaban J connectivity index is 1.90. The molecule has 0 atom stereocenters. The number of aromatic nitrogens is 4. The molecule has 0 radical (unpaired) electrons. The van der Waals surface area contributed by atoms with Crippen LogP contribution >= 0.6 is 11.6 Å². The van der Waals surface area contributed by atoms with Crippen molar-refractivity contribution in [3.8, 4) is 16.8 Å². The number of nitrogen functional groups attached to an aromatic ring is 1. The van der Waals surface area contributed by atoms with Gasteiger partial charge in [-0.15, -0.1) is 0 Å². The Kier molecular flexibility index (Phi) is 4.11. The van der Waals surface area contributed by atoms with E-state index in [1.54, 1.807) is 34.6 Å². The first-order valence-electron chi connectivity index (χ1n) is 9.43. The highest BCUT2D eigenvalue weighted by atomic mass is 35.5. The zero-order valence-electron chi connectivity index (χ0n) is 16.4. The maximum absolute atomic E-state index is 13.2. The number of pyridine rings is 2. The minimum absolute atomic E-state index is 0.149. The predicted molar refractivity (Wildman–Crippen MR) is 121 cm³/mol. The molecule has 6 nitrogen and oxygen atoms in total. The molecule has 0 unspecified atom stereocenters. The lowest BCUT2D eigenvalue weighted by Gasteiger charge is -2.11. The van der Waals surface area contributed by atoms with Crippen molar-refractivity contribution >= 4 is 39.4 Å². The Morgan fingerprint density at radius 3 is 2.57 bits per heavy atom. The molecule has 0 aliphatic rings. The van der Waals surface area contributed by atoms with Crippen LogP contribution in [-0.4, -0.2) is 19.1 Å². The van der Waals surface area contributed by atoms with Crippen molar-refractivity contribution in [1.29, 1.82) is 0 Å². The van der Waals surface area contributed by atoms with Crippen LogP contribution in [0.15, 0.2) is 65.7 Å². The largest absolute Gasteiger partial charge is 0.384 e. The van der Waals surface area contributed by atoms with E-state index in [0.717, 1.165) is 44.3 Å². The van der Waals surface area contributed by atoms with Crippen LogP contribution in [0, 0.1) is 6.92 Å². The molecule has 2 N–H and O–H groups in total. The molecule has 0 bridgehead atoms. The summed E-state index contributed by atoms with van der Waals surface area (Å²) < 4.78 is 3.32. The Bertz CT molecular complexity index is 1500. The first-order valence-corrected chi connectivity index (χ1v) is 9.81. The number of nitrogens with zero attached hydrogens (tertiary/aromatic N) is 4. The van der Waals surface area contributed by atoms with Gasteiger partial charge in [-0.3, -0.25) is 14.1 Å². The molecule has 5 aromatic rings. The van der Waals surface area contributed by atoms with Crippen LogP contribution in [-0.2, 0) is 7.05 Å². The molecule has 0 saturated heterocycles. The number of rotatable bonds is 2. The quantitative estimate of drug-likeness (QED) is 0.461. The molecule has 0 amide bonds. The van der Waals surface area contributed by atoms with Crippen molar-refractivity contribution in [2.24, 2.45) is 7.05 Å². The standard InChI is InChI=1S/C23H18ClN5O/c1-13-17(24)4-3-5-19(13)29-22-16-10-14(15-7-9-21(25)27-11-15)6-8-18(16)26-12-20(22)28(2)23(29)30/h3-12H,1-2H3,(H2,25,27). The number of anilines is 1. The van der Waals surface area contributed by atoms with Gasteiger partial charge in [0.25, 0.3) is 0 Å². The third kappa shape index (κ3) is 2.69. The van der Waals surface area contributed by atoms with Gasteiger partial charge in [-0.25, -0.2) is 9.78 Å².